The lowest BCUT2D eigenvalue weighted by atomic mass is 10.2. The van der Waals surface area contributed by atoms with Crippen molar-refractivity contribution in [2.24, 2.45) is 0 Å². The van der Waals surface area contributed by atoms with Crippen molar-refractivity contribution in [3.63, 3.8) is 0 Å². The molecule has 0 spiro atoms. The minimum Gasteiger partial charge on any atom is -0.399 e. The molecular formula is C13H10ClN3O. The maximum atomic E-state index is 12.0. The summed E-state index contributed by atoms with van der Waals surface area (Å²) in [5, 5.41) is 0.587. The van der Waals surface area contributed by atoms with Crippen LogP contribution in [-0.2, 0) is 0 Å². The number of benzene rings is 2. The Morgan fingerprint density at radius 3 is 2.78 bits per heavy atom. The maximum absolute atomic E-state index is 12.0. The van der Waals surface area contributed by atoms with Crippen molar-refractivity contribution in [1.29, 1.82) is 0 Å². The average Bonchev–Trinajstić information content (AvgIpc) is 2.64. The van der Waals surface area contributed by atoms with E-state index < -0.39 is 0 Å². The Morgan fingerprint density at radius 2 is 2.00 bits per heavy atom. The van der Waals surface area contributed by atoms with E-state index in [2.05, 4.69) is 4.98 Å². The van der Waals surface area contributed by atoms with E-state index in [1.54, 1.807) is 34.9 Å². The van der Waals surface area contributed by atoms with Gasteiger partial charge in [-0.1, -0.05) is 17.7 Å². The molecule has 3 rings (SSSR count). The van der Waals surface area contributed by atoms with Crippen LogP contribution in [0.5, 0.6) is 0 Å². The number of anilines is 1. The fraction of sp³-hybridized carbons (Fsp3) is 0. The molecule has 0 saturated carbocycles. The van der Waals surface area contributed by atoms with E-state index >= 15 is 0 Å². The van der Waals surface area contributed by atoms with Crippen molar-refractivity contribution >= 4 is 28.3 Å². The SMILES string of the molecule is Nc1ccc2c(c1)[nH]c(=O)n2-c1cccc(Cl)c1. The summed E-state index contributed by atoms with van der Waals surface area (Å²) in [5.74, 6) is 0. The third-order valence-corrected chi connectivity index (χ3v) is 3.01. The molecule has 1 aromatic heterocycles. The molecule has 0 bridgehead atoms. The second-order valence-electron chi connectivity index (χ2n) is 4.02. The maximum Gasteiger partial charge on any atom is 0.331 e. The number of imidazole rings is 1. The van der Waals surface area contributed by atoms with Crippen LogP contribution in [0.1, 0.15) is 0 Å². The first kappa shape index (κ1) is 10.9. The Balaban J connectivity index is 2.35. The Kier molecular flexibility index (Phi) is 2.38. The van der Waals surface area contributed by atoms with Crippen molar-refractivity contribution in [1.82, 2.24) is 9.55 Å². The van der Waals surface area contributed by atoms with Crippen LogP contribution in [0.15, 0.2) is 47.3 Å². The summed E-state index contributed by atoms with van der Waals surface area (Å²) in [5.41, 5.74) is 8.30. The lowest BCUT2D eigenvalue weighted by Gasteiger charge is -2.03. The van der Waals surface area contributed by atoms with Crippen LogP contribution in [0, 0.1) is 0 Å². The van der Waals surface area contributed by atoms with Gasteiger partial charge in [0, 0.05) is 10.7 Å². The van der Waals surface area contributed by atoms with Gasteiger partial charge in [-0.2, -0.15) is 0 Å². The second-order valence-corrected chi connectivity index (χ2v) is 4.46. The van der Waals surface area contributed by atoms with E-state index in [-0.39, 0.29) is 5.69 Å². The molecular weight excluding hydrogens is 250 g/mol. The minimum atomic E-state index is -0.210. The first-order chi connectivity index (χ1) is 8.65. The number of nitrogen functional groups attached to an aromatic ring is 1. The summed E-state index contributed by atoms with van der Waals surface area (Å²) in [6, 6.07) is 12.4. The molecule has 0 saturated heterocycles. The van der Waals surface area contributed by atoms with E-state index in [4.69, 9.17) is 17.3 Å². The predicted molar refractivity (Wildman–Crippen MR) is 73.3 cm³/mol. The number of H-pyrrole nitrogens is 1. The highest BCUT2D eigenvalue weighted by atomic mass is 35.5. The normalized spacial score (nSPS) is 10.9. The van der Waals surface area contributed by atoms with Crippen molar-refractivity contribution in [3.05, 3.63) is 58.0 Å². The van der Waals surface area contributed by atoms with Gasteiger partial charge >= 0.3 is 5.69 Å². The molecule has 3 aromatic rings. The predicted octanol–water partition coefficient (Wildman–Crippen LogP) is 2.55. The van der Waals surface area contributed by atoms with Crippen molar-refractivity contribution < 1.29 is 0 Å². The molecule has 0 radical (unpaired) electrons. The number of aromatic nitrogens is 2. The highest BCUT2D eigenvalue weighted by Crippen LogP contribution is 2.19. The molecule has 18 heavy (non-hydrogen) atoms. The number of aromatic amines is 1. The van der Waals surface area contributed by atoms with Gasteiger partial charge in [0.1, 0.15) is 0 Å². The zero-order chi connectivity index (χ0) is 12.7. The highest BCUT2D eigenvalue weighted by Gasteiger charge is 2.08. The minimum absolute atomic E-state index is 0.210. The summed E-state index contributed by atoms with van der Waals surface area (Å²) < 4.78 is 1.57. The average molecular weight is 260 g/mol. The van der Waals surface area contributed by atoms with Crippen LogP contribution >= 0.6 is 11.6 Å². The fourth-order valence-corrected chi connectivity index (χ4v) is 2.19. The van der Waals surface area contributed by atoms with Crippen LogP contribution in [0.4, 0.5) is 5.69 Å². The van der Waals surface area contributed by atoms with Gasteiger partial charge in [-0.3, -0.25) is 4.57 Å². The van der Waals surface area contributed by atoms with E-state index in [0.29, 0.717) is 16.2 Å². The van der Waals surface area contributed by atoms with E-state index in [1.807, 2.05) is 12.1 Å². The van der Waals surface area contributed by atoms with E-state index in [9.17, 15) is 4.79 Å². The lowest BCUT2D eigenvalue weighted by Crippen LogP contribution is -2.14. The van der Waals surface area contributed by atoms with Crippen LogP contribution < -0.4 is 11.4 Å². The third kappa shape index (κ3) is 1.67. The van der Waals surface area contributed by atoms with Gasteiger partial charge in [-0.15, -0.1) is 0 Å². The monoisotopic (exact) mass is 259 g/mol. The summed E-state index contributed by atoms with van der Waals surface area (Å²) in [6.45, 7) is 0. The number of halogens is 1. The molecule has 0 aliphatic heterocycles. The molecule has 1 heterocycles. The zero-order valence-corrected chi connectivity index (χ0v) is 10.1. The number of fused-ring (bicyclic) bond motifs is 1. The van der Waals surface area contributed by atoms with E-state index in [1.165, 1.54) is 0 Å². The quantitative estimate of drug-likeness (QED) is 0.660. The molecule has 4 nitrogen and oxygen atoms in total. The van der Waals surface area contributed by atoms with Crippen LogP contribution in [0.3, 0.4) is 0 Å². The Hall–Kier alpha value is -2.20. The number of nitrogens with one attached hydrogen (secondary N) is 1. The Labute approximate surface area is 108 Å². The summed E-state index contributed by atoms with van der Waals surface area (Å²) in [6.07, 6.45) is 0. The molecule has 0 fully saturated rings. The summed E-state index contributed by atoms with van der Waals surface area (Å²) in [4.78, 5) is 14.8. The summed E-state index contributed by atoms with van der Waals surface area (Å²) >= 11 is 5.94. The Morgan fingerprint density at radius 1 is 1.17 bits per heavy atom. The van der Waals surface area contributed by atoms with Gasteiger partial charge < -0.3 is 10.7 Å². The fourth-order valence-electron chi connectivity index (χ4n) is 2.00. The van der Waals surface area contributed by atoms with Crippen molar-refractivity contribution in [3.8, 4) is 5.69 Å². The van der Waals surface area contributed by atoms with Gasteiger partial charge in [0.25, 0.3) is 0 Å². The number of hydrogen-bond donors (Lipinski definition) is 2. The first-order valence-corrected chi connectivity index (χ1v) is 5.79. The zero-order valence-electron chi connectivity index (χ0n) is 9.35. The molecule has 2 aromatic carbocycles. The molecule has 0 aliphatic carbocycles. The van der Waals surface area contributed by atoms with Gasteiger partial charge in [0.05, 0.1) is 16.7 Å². The van der Waals surface area contributed by atoms with Gasteiger partial charge in [0.15, 0.2) is 0 Å². The standard InChI is InChI=1S/C13H10ClN3O/c14-8-2-1-3-10(6-8)17-12-5-4-9(15)7-11(12)16-13(17)18/h1-7H,15H2,(H,16,18). The van der Waals surface area contributed by atoms with Crippen molar-refractivity contribution in [2.45, 2.75) is 0 Å². The molecule has 0 atom stereocenters. The number of nitrogens with zero attached hydrogens (tertiary/aromatic N) is 1. The van der Waals surface area contributed by atoms with Crippen LogP contribution in [-0.4, -0.2) is 9.55 Å². The molecule has 0 amide bonds. The Bertz CT molecular complexity index is 788. The number of hydrogen-bond acceptors (Lipinski definition) is 2. The lowest BCUT2D eigenvalue weighted by molar-refractivity contribution is 1.02. The molecule has 3 N–H and O–H groups in total. The number of rotatable bonds is 1. The second kappa shape index (κ2) is 3.92. The number of nitrogens with two attached hydrogens (primary N) is 1. The highest BCUT2D eigenvalue weighted by molar-refractivity contribution is 6.30. The third-order valence-electron chi connectivity index (χ3n) is 2.77. The smallest absolute Gasteiger partial charge is 0.331 e. The molecule has 90 valence electrons. The largest absolute Gasteiger partial charge is 0.399 e. The molecule has 0 unspecified atom stereocenters. The van der Waals surface area contributed by atoms with Gasteiger partial charge in [-0.25, -0.2) is 4.79 Å². The van der Waals surface area contributed by atoms with E-state index in [0.717, 1.165) is 11.2 Å². The van der Waals surface area contributed by atoms with Gasteiger partial charge in [-0.05, 0) is 36.4 Å². The topological polar surface area (TPSA) is 63.8 Å². The first-order valence-electron chi connectivity index (χ1n) is 5.41. The molecule has 0 aliphatic rings. The van der Waals surface area contributed by atoms with Gasteiger partial charge in [0.2, 0.25) is 0 Å². The van der Waals surface area contributed by atoms with Crippen LogP contribution in [0.2, 0.25) is 5.02 Å². The summed E-state index contributed by atoms with van der Waals surface area (Å²) in [7, 11) is 0. The van der Waals surface area contributed by atoms with Crippen LogP contribution in [0.25, 0.3) is 16.7 Å². The van der Waals surface area contributed by atoms with Crippen molar-refractivity contribution in [2.75, 3.05) is 5.73 Å². The molecule has 5 heteroatoms.